The Morgan fingerprint density at radius 1 is 1.35 bits per heavy atom. The third-order valence-electron chi connectivity index (χ3n) is 2.79. The van der Waals surface area contributed by atoms with Crippen LogP contribution in [0.1, 0.15) is 39.3 Å². The maximum absolute atomic E-state index is 14.0. The van der Waals surface area contributed by atoms with Crippen molar-refractivity contribution < 1.29 is 9.13 Å². The Kier molecular flexibility index (Phi) is 4.52. The van der Waals surface area contributed by atoms with Crippen LogP contribution in [0.25, 0.3) is 0 Å². The Hall–Kier alpha value is -1.09. The molecule has 0 aliphatic heterocycles. The van der Waals surface area contributed by atoms with E-state index >= 15 is 0 Å². The summed E-state index contributed by atoms with van der Waals surface area (Å²) in [4.78, 5) is 0. The van der Waals surface area contributed by atoms with Gasteiger partial charge in [-0.25, -0.2) is 4.39 Å². The number of hydrogen-bond donors (Lipinski definition) is 1. The monoisotopic (exact) mass is 239 g/mol. The van der Waals surface area contributed by atoms with E-state index in [1.54, 1.807) is 19.2 Å². The lowest BCUT2D eigenvalue weighted by atomic mass is 9.82. The molecule has 0 bridgehead atoms. The minimum atomic E-state index is -0.217. The molecule has 1 aromatic carbocycles. The largest absolute Gasteiger partial charge is 0.497 e. The van der Waals surface area contributed by atoms with Crippen molar-refractivity contribution in [1.29, 1.82) is 0 Å². The summed E-state index contributed by atoms with van der Waals surface area (Å²) in [6.07, 6.45) is 0. The standard InChI is InChI=1S/C14H22FNO/c1-6-16-13(14(2,3)4)11-8-7-10(17-5)9-12(11)15/h7-9,13,16H,6H2,1-5H3. The highest BCUT2D eigenvalue weighted by atomic mass is 19.1. The Bertz CT molecular complexity index is 371. The van der Waals surface area contributed by atoms with Gasteiger partial charge in [0.2, 0.25) is 0 Å². The number of halogens is 1. The topological polar surface area (TPSA) is 21.3 Å². The zero-order chi connectivity index (χ0) is 13.1. The minimum Gasteiger partial charge on any atom is -0.497 e. The predicted molar refractivity (Wildman–Crippen MR) is 68.8 cm³/mol. The smallest absolute Gasteiger partial charge is 0.131 e. The zero-order valence-corrected chi connectivity index (χ0v) is 11.3. The molecule has 96 valence electrons. The van der Waals surface area contributed by atoms with Crippen LogP contribution in [0.3, 0.4) is 0 Å². The van der Waals surface area contributed by atoms with Gasteiger partial charge < -0.3 is 10.1 Å². The van der Waals surface area contributed by atoms with E-state index in [1.807, 2.05) is 6.92 Å². The maximum atomic E-state index is 14.0. The average Bonchev–Trinajstić information content (AvgIpc) is 2.25. The molecule has 0 radical (unpaired) electrons. The number of hydrogen-bond acceptors (Lipinski definition) is 2. The summed E-state index contributed by atoms with van der Waals surface area (Å²) in [5.74, 6) is 0.334. The minimum absolute atomic E-state index is 0.00148. The molecule has 1 N–H and O–H groups in total. The summed E-state index contributed by atoms with van der Waals surface area (Å²) in [5.41, 5.74) is 0.658. The van der Waals surface area contributed by atoms with Crippen molar-refractivity contribution in [3.63, 3.8) is 0 Å². The van der Waals surface area contributed by atoms with E-state index in [0.29, 0.717) is 11.3 Å². The van der Waals surface area contributed by atoms with Crippen LogP contribution in [0.15, 0.2) is 18.2 Å². The van der Waals surface area contributed by atoms with E-state index in [-0.39, 0.29) is 17.3 Å². The second-order valence-corrected chi connectivity index (χ2v) is 5.24. The van der Waals surface area contributed by atoms with Crippen LogP contribution in [-0.4, -0.2) is 13.7 Å². The molecule has 0 heterocycles. The molecule has 3 heteroatoms. The number of ether oxygens (including phenoxy) is 1. The number of rotatable bonds is 4. The molecule has 1 atom stereocenters. The molecular formula is C14H22FNO. The highest BCUT2D eigenvalue weighted by Gasteiger charge is 2.27. The highest BCUT2D eigenvalue weighted by Crippen LogP contribution is 2.34. The van der Waals surface area contributed by atoms with E-state index < -0.39 is 0 Å². The summed E-state index contributed by atoms with van der Waals surface area (Å²) in [5, 5.41) is 3.34. The van der Waals surface area contributed by atoms with Gasteiger partial charge >= 0.3 is 0 Å². The van der Waals surface area contributed by atoms with E-state index in [4.69, 9.17) is 4.74 Å². The number of methoxy groups -OCH3 is 1. The average molecular weight is 239 g/mol. The fourth-order valence-electron chi connectivity index (χ4n) is 1.96. The van der Waals surface area contributed by atoms with Crippen LogP contribution in [0.4, 0.5) is 4.39 Å². The first-order valence-electron chi connectivity index (χ1n) is 5.97. The molecule has 0 fully saturated rings. The van der Waals surface area contributed by atoms with Crippen molar-refractivity contribution in [3.05, 3.63) is 29.6 Å². The maximum Gasteiger partial charge on any atom is 0.131 e. The lowest BCUT2D eigenvalue weighted by Crippen LogP contribution is -2.32. The van der Waals surface area contributed by atoms with Gasteiger partial charge in [0, 0.05) is 17.7 Å². The fraction of sp³-hybridized carbons (Fsp3) is 0.571. The van der Waals surface area contributed by atoms with Crippen LogP contribution in [0.2, 0.25) is 0 Å². The highest BCUT2D eigenvalue weighted by molar-refractivity contribution is 5.31. The second-order valence-electron chi connectivity index (χ2n) is 5.24. The van der Waals surface area contributed by atoms with Crippen LogP contribution in [0.5, 0.6) is 5.75 Å². The van der Waals surface area contributed by atoms with Gasteiger partial charge in [0.05, 0.1) is 7.11 Å². The van der Waals surface area contributed by atoms with Gasteiger partial charge in [-0.15, -0.1) is 0 Å². The van der Waals surface area contributed by atoms with Crippen molar-refractivity contribution in [2.75, 3.05) is 13.7 Å². The number of nitrogens with one attached hydrogen (secondary N) is 1. The molecular weight excluding hydrogens is 217 g/mol. The van der Waals surface area contributed by atoms with Crippen LogP contribution >= 0.6 is 0 Å². The van der Waals surface area contributed by atoms with Crippen LogP contribution in [-0.2, 0) is 0 Å². The van der Waals surface area contributed by atoms with Crippen molar-refractivity contribution in [2.24, 2.45) is 5.41 Å². The van der Waals surface area contributed by atoms with E-state index in [0.717, 1.165) is 6.54 Å². The second kappa shape index (κ2) is 5.50. The van der Waals surface area contributed by atoms with Crippen LogP contribution < -0.4 is 10.1 Å². The van der Waals surface area contributed by atoms with Gasteiger partial charge in [-0.05, 0) is 18.0 Å². The van der Waals surface area contributed by atoms with Crippen molar-refractivity contribution >= 4 is 0 Å². The number of benzene rings is 1. The molecule has 0 saturated heterocycles. The van der Waals surface area contributed by atoms with Gasteiger partial charge in [-0.2, -0.15) is 0 Å². The molecule has 0 saturated carbocycles. The Morgan fingerprint density at radius 2 is 2.00 bits per heavy atom. The Labute approximate surface area is 103 Å². The third-order valence-corrected chi connectivity index (χ3v) is 2.79. The summed E-state index contributed by atoms with van der Waals surface area (Å²) in [7, 11) is 1.54. The van der Waals surface area contributed by atoms with Crippen molar-refractivity contribution in [2.45, 2.75) is 33.7 Å². The molecule has 0 amide bonds. The first-order valence-corrected chi connectivity index (χ1v) is 5.97. The molecule has 1 aromatic rings. The SMILES string of the molecule is CCNC(c1ccc(OC)cc1F)C(C)(C)C. The van der Waals surface area contributed by atoms with Crippen LogP contribution in [0, 0.1) is 11.2 Å². The van der Waals surface area contributed by atoms with E-state index in [9.17, 15) is 4.39 Å². The molecule has 1 unspecified atom stereocenters. The molecule has 0 spiro atoms. The first kappa shape index (κ1) is 14.0. The summed E-state index contributed by atoms with van der Waals surface area (Å²) >= 11 is 0. The predicted octanol–water partition coefficient (Wildman–Crippen LogP) is 3.53. The summed E-state index contributed by atoms with van der Waals surface area (Å²) < 4.78 is 19.0. The Morgan fingerprint density at radius 3 is 2.41 bits per heavy atom. The fourth-order valence-corrected chi connectivity index (χ4v) is 1.96. The molecule has 1 rings (SSSR count). The molecule has 2 nitrogen and oxygen atoms in total. The summed E-state index contributed by atoms with van der Waals surface area (Å²) in [6.45, 7) is 9.14. The van der Waals surface area contributed by atoms with Gasteiger partial charge in [0.1, 0.15) is 11.6 Å². The molecule has 0 aliphatic carbocycles. The van der Waals surface area contributed by atoms with E-state index in [1.165, 1.54) is 6.07 Å². The Balaban J connectivity index is 3.10. The summed E-state index contributed by atoms with van der Waals surface area (Å²) in [6, 6.07) is 5.03. The van der Waals surface area contributed by atoms with Gasteiger partial charge in [0.15, 0.2) is 0 Å². The van der Waals surface area contributed by atoms with Gasteiger partial charge in [-0.1, -0.05) is 33.8 Å². The van der Waals surface area contributed by atoms with Gasteiger partial charge in [-0.3, -0.25) is 0 Å². The zero-order valence-electron chi connectivity index (χ0n) is 11.3. The lowest BCUT2D eigenvalue weighted by molar-refractivity contribution is 0.270. The molecule has 17 heavy (non-hydrogen) atoms. The third kappa shape index (κ3) is 3.43. The van der Waals surface area contributed by atoms with Crippen molar-refractivity contribution in [1.82, 2.24) is 5.32 Å². The van der Waals surface area contributed by atoms with E-state index in [2.05, 4.69) is 26.1 Å². The quantitative estimate of drug-likeness (QED) is 0.868. The normalized spacial score (nSPS) is 13.5. The van der Waals surface area contributed by atoms with Gasteiger partial charge in [0.25, 0.3) is 0 Å². The lowest BCUT2D eigenvalue weighted by Gasteiger charge is -2.32. The molecule has 0 aromatic heterocycles. The first-order chi connectivity index (χ1) is 7.90. The molecule has 0 aliphatic rings. The van der Waals surface area contributed by atoms with Crippen molar-refractivity contribution in [3.8, 4) is 5.75 Å².